The highest BCUT2D eigenvalue weighted by Crippen LogP contribution is 2.30. The quantitative estimate of drug-likeness (QED) is 0.762. The molecule has 0 bridgehead atoms. The molecule has 0 aliphatic carbocycles. The number of Topliss-reactive ketones (excluding diaryl/α,β-unsaturated/α-hetero) is 1. The molecule has 96 valence electrons. The van der Waals surface area contributed by atoms with Crippen LogP contribution in [0, 0.1) is 16.7 Å². The lowest BCUT2D eigenvalue weighted by atomic mass is 9.85. The number of methoxy groups -OCH3 is 1. The van der Waals surface area contributed by atoms with Gasteiger partial charge in [-0.1, -0.05) is 19.9 Å². The van der Waals surface area contributed by atoms with E-state index in [0.717, 1.165) is 5.56 Å². The smallest absolute Gasteiger partial charge is 0.186 e. The van der Waals surface area contributed by atoms with Crippen LogP contribution >= 0.6 is 0 Å². The molecule has 0 saturated heterocycles. The van der Waals surface area contributed by atoms with Crippen LogP contribution in [0.3, 0.4) is 0 Å². The predicted molar refractivity (Wildman–Crippen MR) is 70.8 cm³/mol. The second kappa shape index (κ2) is 5.22. The Morgan fingerprint density at radius 1 is 1.39 bits per heavy atom. The van der Waals surface area contributed by atoms with Crippen molar-refractivity contribution in [3.63, 3.8) is 0 Å². The van der Waals surface area contributed by atoms with Crippen LogP contribution in [-0.4, -0.2) is 12.9 Å². The Bertz CT molecular complexity index is 496. The van der Waals surface area contributed by atoms with E-state index in [4.69, 9.17) is 10.00 Å². The average Bonchev–Trinajstić information content (AvgIpc) is 2.36. The minimum absolute atomic E-state index is 0.211. The van der Waals surface area contributed by atoms with E-state index in [9.17, 15) is 4.79 Å². The Balaban J connectivity index is 3.27. The van der Waals surface area contributed by atoms with E-state index < -0.39 is 5.41 Å². The summed E-state index contributed by atoms with van der Waals surface area (Å²) in [5, 5.41) is 9.02. The molecule has 0 aliphatic heterocycles. The maximum Gasteiger partial charge on any atom is 0.186 e. The Morgan fingerprint density at radius 2 is 2.00 bits per heavy atom. The third-order valence-electron chi connectivity index (χ3n) is 2.98. The van der Waals surface area contributed by atoms with E-state index in [1.165, 1.54) is 7.11 Å². The second-order valence-corrected chi connectivity index (χ2v) is 5.18. The number of nitriles is 1. The van der Waals surface area contributed by atoms with Gasteiger partial charge in [0.2, 0.25) is 0 Å². The molecule has 0 aliphatic rings. The van der Waals surface area contributed by atoms with Crippen molar-refractivity contribution in [2.45, 2.75) is 33.6 Å². The third kappa shape index (κ3) is 2.70. The summed E-state index contributed by atoms with van der Waals surface area (Å²) in [4.78, 5) is 12.3. The van der Waals surface area contributed by atoms with Gasteiger partial charge in [-0.2, -0.15) is 5.26 Å². The highest BCUT2D eigenvalue weighted by molar-refractivity contribution is 6.04. The molecule has 0 spiro atoms. The maximum absolute atomic E-state index is 12.3. The minimum atomic E-state index is -1.04. The first-order valence-electron chi connectivity index (χ1n) is 5.97. The zero-order chi connectivity index (χ0) is 13.9. The average molecular weight is 245 g/mol. The number of benzene rings is 1. The molecule has 0 amide bonds. The maximum atomic E-state index is 12.3. The van der Waals surface area contributed by atoms with Gasteiger partial charge in [0.25, 0.3) is 0 Å². The SMILES string of the molecule is COc1cc(C(C)C)ccc1C(=O)C(C)(C)C#N. The number of hydrogen-bond donors (Lipinski definition) is 0. The van der Waals surface area contributed by atoms with Gasteiger partial charge in [0.05, 0.1) is 18.7 Å². The van der Waals surface area contributed by atoms with Crippen molar-refractivity contribution in [1.29, 1.82) is 5.26 Å². The summed E-state index contributed by atoms with van der Waals surface area (Å²) in [6.07, 6.45) is 0. The van der Waals surface area contributed by atoms with Crippen LogP contribution in [0.4, 0.5) is 0 Å². The van der Waals surface area contributed by atoms with Gasteiger partial charge < -0.3 is 4.74 Å². The van der Waals surface area contributed by atoms with Crippen molar-refractivity contribution in [3.8, 4) is 11.8 Å². The monoisotopic (exact) mass is 245 g/mol. The van der Waals surface area contributed by atoms with E-state index in [-0.39, 0.29) is 5.78 Å². The number of nitrogens with zero attached hydrogens (tertiary/aromatic N) is 1. The van der Waals surface area contributed by atoms with Gasteiger partial charge in [-0.05, 0) is 37.5 Å². The van der Waals surface area contributed by atoms with E-state index in [0.29, 0.717) is 17.2 Å². The predicted octanol–water partition coefficient (Wildman–Crippen LogP) is 3.55. The Hall–Kier alpha value is -1.82. The van der Waals surface area contributed by atoms with Crippen LogP contribution in [0.25, 0.3) is 0 Å². The molecule has 0 radical (unpaired) electrons. The number of carbonyl (C=O) groups excluding carboxylic acids is 1. The van der Waals surface area contributed by atoms with Gasteiger partial charge in [-0.3, -0.25) is 4.79 Å². The molecule has 0 atom stereocenters. The molecule has 1 rings (SSSR count). The summed E-state index contributed by atoms with van der Waals surface area (Å²) in [5.74, 6) is 0.693. The Labute approximate surface area is 108 Å². The van der Waals surface area contributed by atoms with Gasteiger partial charge in [0.1, 0.15) is 11.2 Å². The molecule has 1 aromatic carbocycles. The third-order valence-corrected chi connectivity index (χ3v) is 2.98. The summed E-state index contributed by atoms with van der Waals surface area (Å²) >= 11 is 0. The summed E-state index contributed by atoms with van der Waals surface area (Å²) in [6, 6.07) is 7.55. The standard InChI is InChI=1S/C15H19NO2/c1-10(2)11-6-7-12(13(8-11)18-5)14(17)15(3,4)9-16/h6-8,10H,1-5H3. The first-order valence-corrected chi connectivity index (χ1v) is 5.97. The van der Waals surface area contributed by atoms with Crippen molar-refractivity contribution >= 4 is 5.78 Å². The van der Waals surface area contributed by atoms with Gasteiger partial charge in [0, 0.05) is 0 Å². The normalized spacial score (nSPS) is 11.2. The van der Waals surface area contributed by atoms with Crippen LogP contribution in [0.2, 0.25) is 0 Å². The van der Waals surface area contributed by atoms with Crippen LogP contribution < -0.4 is 4.74 Å². The fourth-order valence-electron chi connectivity index (χ4n) is 1.64. The van der Waals surface area contributed by atoms with Crippen molar-refractivity contribution in [2.24, 2.45) is 5.41 Å². The zero-order valence-corrected chi connectivity index (χ0v) is 11.6. The molecule has 1 aromatic rings. The molecule has 0 fully saturated rings. The first kappa shape index (κ1) is 14.2. The Morgan fingerprint density at radius 3 is 2.44 bits per heavy atom. The van der Waals surface area contributed by atoms with Crippen molar-refractivity contribution in [2.75, 3.05) is 7.11 Å². The van der Waals surface area contributed by atoms with E-state index in [2.05, 4.69) is 13.8 Å². The molecule has 0 N–H and O–H groups in total. The molecule has 3 heteroatoms. The number of ketones is 1. The van der Waals surface area contributed by atoms with Gasteiger partial charge in [0.15, 0.2) is 5.78 Å². The first-order chi connectivity index (χ1) is 8.33. The van der Waals surface area contributed by atoms with Gasteiger partial charge in [-0.25, -0.2) is 0 Å². The molecule has 0 unspecified atom stereocenters. The molecule has 0 heterocycles. The summed E-state index contributed by atoms with van der Waals surface area (Å²) < 4.78 is 5.27. The highest BCUT2D eigenvalue weighted by atomic mass is 16.5. The molecule has 0 saturated carbocycles. The van der Waals surface area contributed by atoms with Gasteiger partial charge in [-0.15, -0.1) is 0 Å². The lowest BCUT2D eigenvalue weighted by Gasteiger charge is -2.17. The molecular weight excluding hydrogens is 226 g/mol. The van der Waals surface area contributed by atoms with E-state index in [1.807, 2.05) is 18.2 Å². The van der Waals surface area contributed by atoms with Crippen LogP contribution in [-0.2, 0) is 0 Å². The number of carbonyl (C=O) groups is 1. The lowest BCUT2D eigenvalue weighted by molar-refractivity contribution is 0.0888. The van der Waals surface area contributed by atoms with Crippen LogP contribution in [0.1, 0.15) is 49.5 Å². The molecule has 18 heavy (non-hydrogen) atoms. The minimum Gasteiger partial charge on any atom is -0.496 e. The van der Waals surface area contributed by atoms with Crippen molar-refractivity contribution < 1.29 is 9.53 Å². The second-order valence-electron chi connectivity index (χ2n) is 5.18. The van der Waals surface area contributed by atoms with Crippen molar-refractivity contribution in [3.05, 3.63) is 29.3 Å². The van der Waals surface area contributed by atoms with Crippen molar-refractivity contribution in [1.82, 2.24) is 0 Å². The molecule has 0 aromatic heterocycles. The summed E-state index contributed by atoms with van der Waals surface area (Å²) in [6.45, 7) is 7.39. The van der Waals surface area contributed by atoms with E-state index in [1.54, 1.807) is 19.9 Å². The zero-order valence-electron chi connectivity index (χ0n) is 11.6. The topological polar surface area (TPSA) is 50.1 Å². The summed E-state index contributed by atoms with van der Waals surface area (Å²) in [7, 11) is 1.54. The number of hydrogen-bond acceptors (Lipinski definition) is 3. The molecular formula is C15H19NO2. The lowest BCUT2D eigenvalue weighted by Crippen LogP contribution is -2.22. The van der Waals surface area contributed by atoms with Gasteiger partial charge >= 0.3 is 0 Å². The highest BCUT2D eigenvalue weighted by Gasteiger charge is 2.30. The number of ether oxygens (including phenoxy) is 1. The fourth-order valence-corrected chi connectivity index (χ4v) is 1.64. The fraction of sp³-hybridized carbons (Fsp3) is 0.467. The number of rotatable bonds is 4. The molecule has 3 nitrogen and oxygen atoms in total. The van der Waals surface area contributed by atoms with Crippen LogP contribution in [0.5, 0.6) is 5.75 Å². The van der Waals surface area contributed by atoms with E-state index >= 15 is 0 Å². The summed E-state index contributed by atoms with van der Waals surface area (Å²) in [5.41, 5.74) is 0.540. The Kier molecular flexibility index (Phi) is 4.13. The largest absolute Gasteiger partial charge is 0.496 e. The van der Waals surface area contributed by atoms with Crippen LogP contribution in [0.15, 0.2) is 18.2 Å².